The second-order valence-electron chi connectivity index (χ2n) is 5.55. The highest BCUT2D eigenvalue weighted by atomic mass is 32.1. The zero-order valence-electron chi connectivity index (χ0n) is 12.1. The Morgan fingerprint density at radius 1 is 1.10 bits per heavy atom. The van der Waals surface area contributed by atoms with Crippen LogP contribution in [-0.4, -0.2) is 7.05 Å². The molecule has 2 aromatic rings. The van der Waals surface area contributed by atoms with Gasteiger partial charge in [0.25, 0.3) is 0 Å². The summed E-state index contributed by atoms with van der Waals surface area (Å²) in [6.07, 6.45) is 5.95. The summed E-state index contributed by atoms with van der Waals surface area (Å²) in [6, 6.07) is 5.55. The summed E-state index contributed by atoms with van der Waals surface area (Å²) in [5.41, 5.74) is 1.78. The van der Waals surface area contributed by atoms with Crippen molar-refractivity contribution in [1.29, 1.82) is 0 Å². The van der Waals surface area contributed by atoms with Crippen LogP contribution in [-0.2, 0) is 12.8 Å². The monoisotopic (exact) mass is 307 g/mol. The molecule has 0 amide bonds. The van der Waals surface area contributed by atoms with E-state index in [1.165, 1.54) is 41.8 Å². The van der Waals surface area contributed by atoms with Gasteiger partial charge in [-0.1, -0.05) is 6.42 Å². The summed E-state index contributed by atoms with van der Waals surface area (Å²) in [7, 11) is 1.79. The number of thiophene rings is 1. The van der Waals surface area contributed by atoms with Crippen LogP contribution in [0.2, 0.25) is 0 Å². The molecule has 1 aliphatic rings. The first kappa shape index (κ1) is 14.7. The van der Waals surface area contributed by atoms with E-state index in [9.17, 15) is 8.78 Å². The van der Waals surface area contributed by atoms with Gasteiger partial charge in [0.2, 0.25) is 0 Å². The summed E-state index contributed by atoms with van der Waals surface area (Å²) in [5, 5.41) is 3.13. The van der Waals surface area contributed by atoms with Crippen LogP contribution in [0.5, 0.6) is 0 Å². The van der Waals surface area contributed by atoms with Crippen LogP contribution in [0.1, 0.15) is 46.2 Å². The Bertz CT molecular complexity index is 612. The molecule has 4 heteroatoms. The quantitative estimate of drug-likeness (QED) is 0.817. The van der Waals surface area contributed by atoms with Crippen molar-refractivity contribution < 1.29 is 8.78 Å². The number of fused-ring (bicyclic) bond motifs is 1. The minimum atomic E-state index is -0.398. The molecule has 0 saturated heterocycles. The Hall–Kier alpha value is -1.26. The molecule has 1 aromatic carbocycles. The van der Waals surface area contributed by atoms with Crippen LogP contribution in [0.25, 0.3) is 0 Å². The van der Waals surface area contributed by atoms with Crippen molar-refractivity contribution in [1.82, 2.24) is 5.32 Å². The molecule has 0 spiro atoms. The number of benzene rings is 1. The van der Waals surface area contributed by atoms with Crippen molar-refractivity contribution in [2.75, 3.05) is 7.05 Å². The number of hydrogen-bond acceptors (Lipinski definition) is 2. The lowest BCUT2D eigenvalue weighted by Gasteiger charge is -2.16. The number of halogens is 2. The summed E-state index contributed by atoms with van der Waals surface area (Å²) in [4.78, 5) is 2.49. The fourth-order valence-corrected chi connectivity index (χ4v) is 4.41. The molecule has 0 bridgehead atoms. The normalized spacial score (nSPS) is 16.3. The van der Waals surface area contributed by atoms with Crippen molar-refractivity contribution in [3.05, 3.63) is 56.8 Å². The molecule has 0 aliphatic heterocycles. The van der Waals surface area contributed by atoms with Crippen LogP contribution < -0.4 is 5.32 Å². The van der Waals surface area contributed by atoms with Gasteiger partial charge in [-0.3, -0.25) is 0 Å². The third-order valence-corrected chi connectivity index (χ3v) is 5.41. The number of nitrogens with one attached hydrogen (secondary N) is 1. The first-order chi connectivity index (χ1) is 10.2. The molecule has 1 unspecified atom stereocenters. The van der Waals surface area contributed by atoms with E-state index in [0.717, 1.165) is 23.8 Å². The maximum absolute atomic E-state index is 14.0. The largest absolute Gasteiger partial charge is 0.309 e. The van der Waals surface area contributed by atoms with E-state index in [0.29, 0.717) is 5.56 Å². The van der Waals surface area contributed by atoms with Crippen LogP contribution in [0.3, 0.4) is 0 Å². The predicted octanol–water partition coefficient (Wildman–Crippen LogP) is 4.60. The molecule has 1 nitrogen and oxygen atoms in total. The molecule has 1 aliphatic carbocycles. The average Bonchev–Trinajstić information content (AvgIpc) is 2.74. The molecular weight excluding hydrogens is 288 g/mol. The van der Waals surface area contributed by atoms with Gasteiger partial charge < -0.3 is 5.32 Å². The van der Waals surface area contributed by atoms with Crippen molar-refractivity contribution in [2.24, 2.45) is 0 Å². The van der Waals surface area contributed by atoms with Crippen LogP contribution >= 0.6 is 11.3 Å². The van der Waals surface area contributed by atoms with Crippen molar-refractivity contribution in [3.63, 3.8) is 0 Å². The Kier molecular flexibility index (Phi) is 4.36. The molecule has 0 radical (unpaired) electrons. The second-order valence-corrected chi connectivity index (χ2v) is 6.71. The minimum Gasteiger partial charge on any atom is -0.309 e. The summed E-state index contributed by atoms with van der Waals surface area (Å²) in [5.74, 6) is -0.760. The van der Waals surface area contributed by atoms with Gasteiger partial charge in [-0.25, -0.2) is 8.78 Å². The molecule has 0 saturated carbocycles. The Morgan fingerprint density at radius 2 is 1.90 bits per heavy atom. The van der Waals surface area contributed by atoms with E-state index >= 15 is 0 Å². The van der Waals surface area contributed by atoms with Gasteiger partial charge in [-0.05, 0) is 62.6 Å². The summed E-state index contributed by atoms with van der Waals surface area (Å²) >= 11 is 1.74. The molecular formula is C17H19F2NS. The summed E-state index contributed by atoms with van der Waals surface area (Å²) < 4.78 is 27.5. The first-order valence-corrected chi connectivity index (χ1v) is 8.24. The van der Waals surface area contributed by atoms with E-state index < -0.39 is 5.82 Å². The molecule has 0 fully saturated rings. The minimum absolute atomic E-state index is 0.280. The second kappa shape index (κ2) is 6.24. The molecule has 1 heterocycles. The van der Waals surface area contributed by atoms with Gasteiger partial charge in [0, 0.05) is 15.3 Å². The molecule has 21 heavy (non-hydrogen) atoms. The highest BCUT2D eigenvalue weighted by Gasteiger charge is 2.21. The zero-order chi connectivity index (χ0) is 14.8. The topological polar surface area (TPSA) is 12.0 Å². The smallest absolute Gasteiger partial charge is 0.128 e. The highest BCUT2D eigenvalue weighted by Crippen LogP contribution is 2.35. The lowest BCUT2D eigenvalue weighted by molar-refractivity contribution is 0.560. The Balaban J connectivity index is 1.98. The SMILES string of the molecule is CNC(c1cc2c(s1)CCCCC2)c1cc(F)ccc1F. The van der Waals surface area contributed by atoms with E-state index in [-0.39, 0.29) is 11.9 Å². The van der Waals surface area contributed by atoms with E-state index in [1.54, 1.807) is 18.4 Å². The lowest BCUT2D eigenvalue weighted by atomic mass is 10.0. The molecule has 112 valence electrons. The third-order valence-electron chi connectivity index (χ3n) is 4.11. The molecule has 1 atom stereocenters. The molecule has 1 N–H and O–H groups in total. The van der Waals surface area contributed by atoms with E-state index in [4.69, 9.17) is 0 Å². The average molecular weight is 307 g/mol. The van der Waals surface area contributed by atoms with Crippen LogP contribution in [0.4, 0.5) is 8.78 Å². The van der Waals surface area contributed by atoms with Crippen molar-refractivity contribution in [2.45, 2.75) is 38.1 Å². The van der Waals surface area contributed by atoms with Gasteiger partial charge in [0.1, 0.15) is 11.6 Å². The Labute approximate surface area is 128 Å². The highest BCUT2D eigenvalue weighted by molar-refractivity contribution is 7.12. The predicted molar refractivity (Wildman–Crippen MR) is 82.8 cm³/mol. The number of hydrogen-bond donors (Lipinski definition) is 1. The Morgan fingerprint density at radius 3 is 2.71 bits per heavy atom. The maximum Gasteiger partial charge on any atom is 0.128 e. The standard InChI is InChI=1S/C17H19F2NS/c1-20-17(13-10-12(18)7-8-14(13)19)16-9-11-5-3-2-4-6-15(11)21-16/h7-10,17,20H,2-6H2,1H3. The van der Waals surface area contributed by atoms with Gasteiger partial charge >= 0.3 is 0 Å². The maximum atomic E-state index is 14.0. The lowest BCUT2D eigenvalue weighted by Crippen LogP contribution is -2.18. The fraction of sp³-hybridized carbons (Fsp3) is 0.412. The van der Waals surface area contributed by atoms with Crippen LogP contribution in [0.15, 0.2) is 24.3 Å². The van der Waals surface area contributed by atoms with Crippen LogP contribution in [0, 0.1) is 11.6 Å². The fourth-order valence-electron chi connectivity index (χ4n) is 3.02. The van der Waals surface area contributed by atoms with Gasteiger partial charge in [0.15, 0.2) is 0 Å². The number of rotatable bonds is 3. The zero-order valence-corrected chi connectivity index (χ0v) is 12.9. The van der Waals surface area contributed by atoms with Crippen molar-refractivity contribution >= 4 is 11.3 Å². The molecule has 3 rings (SSSR count). The van der Waals surface area contributed by atoms with Gasteiger partial charge in [-0.2, -0.15) is 0 Å². The van der Waals surface area contributed by atoms with Gasteiger partial charge in [0.05, 0.1) is 6.04 Å². The third kappa shape index (κ3) is 3.01. The summed E-state index contributed by atoms with van der Waals surface area (Å²) in [6.45, 7) is 0. The van der Waals surface area contributed by atoms with Gasteiger partial charge in [-0.15, -0.1) is 11.3 Å². The number of aryl methyl sites for hydroxylation is 2. The van der Waals surface area contributed by atoms with E-state index in [2.05, 4.69) is 11.4 Å². The molecule has 1 aromatic heterocycles. The van der Waals surface area contributed by atoms with E-state index in [1.807, 2.05) is 0 Å². The van der Waals surface area contributed by atoms with Crippen molar-refractivity contribution in [3.8, 4) is 0 Å². The first-order valence-electron chi connectivity index (χ1n) is 7.42.